The third-order valence-corrected chi connectivity index (χ3v) is 14.0. The van der Waals surface area contributed by atoms with Gasteiger partial charge in [0.15, 0.2) is 12.4 Å². The molecule has 0 aliphatic carbocycles. The Bertz CT molecular complexity index is 1620. The monoisotopic (exact) mass is 1080 g/mol. The van der Waals surface area contributed by atoms with E-state index in [-0.39, 0.29) is 19.4 Å². The number of rotatable bonds is 51. The molecule has 442 valence electrons. The van der Waals surface area contributed by atoms with Crippen molar-refractivity contribution in [3.05, 3.63) is 97.2 Å². The Hall–Kier alpha value is -3.42. The summed E-state index contributed by atoms with van der Waals surface area (Å²) in [6.07, 6.45) is 60.1. The highest BCUT2D eigenvalue weighted by atomic mass is 16.7. The summed E-state index contributed by atoms with van der Waals surface area (Å²) < 4.78 is 17.6. The molecule has 6 N–H and O–H groups in total. The van der Waals surface area contributed by atoms with Gasteiger partial charge in [-0.1, -0.05) is 234 Å². The number of ether oxygens (including phenoxy) is 3. The molecule has 1 fully saturated rings. The van der Waals surface area contributed by atoms with Crippen molar-refractivity contribution in [2.45, 2.75) is 294 Å². The highest BCUT2D eigenvalue weighted by molar-refractivity contribution is 5.80. The van der Waals surface area contributed by atoms with Crippen molar-refractivity contribution in [1.29, 1.82) is 0 Å². The van der Waals surface area contributed by atoms with Crippen LogP contribution in [0.4, 0.5) is 0 Å². The lowest BCUT2D eigenvalue weighted by atomic mass is 9.99. The van der Waals surface area contributed by atoms with Crippen LogP contribution >= 0.6 is 0 Å². The lowest BCUT2D eigenvalue weighted by Crippen LogP contribution is -2.61. The number of carbonyl (C=O) groups excluding carboxylic acids is 2. The summed E-state index contributed by atoms with van der Waals surface area (Å²) in [5.41, 5.74) is 0. The van der Waals surface area contributed by atoms with Crippen molar-refractivity contribution in [2.75, 3.05) is 13.2 Å². The van der Waals surface area contributed by atoms with Gasteiger partial charge in [0, 0.05) is 6.42 Å². The molecule has 11 heteroatoms. The van der Waals surface area contributed by atoms with Crippen LogP contribution in [-0.2, 0) is 23.8 Å². The van der Waals surface area contributed by atoms with E-state index in [4.69, 9.17) is 14.2 Å². The summed E-state index contributed by atoms with van der Waals surface area (Å²) in [7, 11) is 0. The number of hydrogen-bond acceptors (Lipinski definition) is 10. The van der Waals surface area contributed by atoms with Crippen molar-refractivity contribution >= 4 is 11.9 Å². The number of carbonyl (C=O) groups is 2. The summed E-state index contributed by atoms with van der Waals surface area (Å²) in [5, 5.41) is 56.9. The third-order valence-electron chi connectivity index (χ3n) is 14.0. The number of aliphatic hydroxyl groups is 5. The average Bonchev–Trinajstić information content (AvgIpc) is 3.43. The molecule has 1 amide bonds. The SMILES string of the molecule is CC/C=C\C/C=C\C/C=C\C/C=C\C/C=C\C/C=C\CCCCCC(O)C(=O)NC(COC1OC(CO)C(O)C(O)C1OC(=O)CCCCC/C=C\CCCCCCCC)C(O)/C=C/CCCCCCCCCCCCC. The minimum Gasteiger partial charge on any atom is -0.454 e. The van der Waals surface area contributed by atoms with E-state index in [2.05, 4.69) is 111 Å². The molecule has 11 nitrogen and oxygen atoms in total. The zero-order chi connectivity index (χ0) is 56.1. The van der Waals surface area contributed by atoms with Gasteiger partial charge in [-0.15, -0.1) is 0 Å². The van der Waals surface area contributed by atoms with Crippen LogP contribution in [0.2, 0.25) is 0 Å². The Morgan fingerprint density at radius 3 is 1.42 bits per heavy atom. The second kappa shape index (κ2) is 53.2. The maximum Gasteiger partial charge on any atom is 0.306 e. The first-order valence-electron chi connectivity index (χ1n) is 31.0. The molecular formula is C66H113NO10. The van der Waals surface area contributed by atoms with Gasteiger partial charge in [0.05, 0.1) is 25.4 Å². The van der Waals surface area contributed by atoms with Crippen molar-refractivity contribution in [1.82, 2.24) is 5.32 Å². The van der Waals surface area contributed by atoms with Gasteiger partial charge in [-0.2, -0.15) is 0 Å². The Morgan fingerprint density at radius 1 is 0.519 bits per heavy atom. The first kappa shape index (κ1) is 71.6. The Kier molecular flexibility index (Phi) is 49.5. The highest BCUT2D eigenvalue weighted by Gasteiger charge is 2.47. The second-order valence-electron chi connectivity index (χ2n) is 21.0. The second-order valence-corrected chi connectivity index (χ2v) is 21.0. The fourth-order valence-corrected chi connectivity index (χ4v) is 9.06. The number of unbranched alkanes of at least 4 members (excludes halogenated alkanes) is 23. The fourth-order valence-electron chi connectivity index (χ4n) is 9.06. The minimum absolute atomic E-state index is 0.0959. The molecular weight excluding hydrogens is 967 g/mol. The van der Waals surface area contributed by atoms with Gasteiger partial charge in [0.25, 0.3) is 0 Å². The topological polar surface area (TPSA) is 175 Å². The summed E-state index contributed by atoms with van der Waals surface area (Å²) in [6, 6.07) is -1.05. The molecule has 0 spiro atoms. The van der Waals surface area contributed by atoms with Crippen LogP contribution in [0.25, 0.3) is 0 Å². The lowest BCUT2D eigenvalue weighted by Gasteiger charge is -2.41. The summed E-state index contributed by atoms with van der Waals surface area (Å²) in [5.74, 6) is -1.24. The summed E-state index contributed by atoms with van der Waals surface area (Å²) in [6.45, 7) is 5.63. The van der Waals surface area contributed by atoms with Gasteiger partial charge in [0.2, 0.25) is 5.91 Å². The van der Waals surface area contributed by atoms with Gasteiger partial charge in [-0.05, 0) is 103 Å². The number of aliphatic hydroxyl groups excluding tert-OH is 5. The first-order valence-corrected chi connectivity index (χ1v) is 31.0. The molecule has 0 radical (unpaired) electrons. The van der Waals surface area contributed by atoms with E-state index in [0.29, 0.717) is 12.8 Å². The molecule has 1 aliphatic rings. The van der Waals surface area contributed by atoms with E-state index in [0.717, 1.165) is 109 Å². The highest BCUT2D eigenvalue weighted by Crippen LogP contribution is 2.26. The predicted octanol–water partition coefficient (Wildman–Crippen LogP) is 14.7. The first-order chi connectivity index (χ1) is 37.7. The van der Waals surface area contributed by atoms with Crippen LogP contribution < -0.4 is 5.32 Å². The van der Waals surface area contributed by atoms with Crippen molar-refractivity contribution in [2.24, 2.45) is 0 Å². The fraction of sp³-hybridized carbons (Fsp3) is 0.727. The van der Waals surface area contributed by atoms with Gasteiger partial charge >= 0.3 is 5.97 Å². The van der Waals surface area contributed by atoms with E-state index in [1.54, 1.807) is 6.08 Å². The largest absolute Gasteiger partial charge is 0.454 e. The molecule has 8 unspecified atom stereocenters. The lowest BCUT2D eigenvalue weighted by molar-refractivity contribution is -0.305. The quantitative estimate of drug-likeness (QED) is 0.0195. The van der Waals surface area contributed by atoms with E-state index >= 15 is 0 Å². The zero-order valence-electron chi connectivity index (χ0n) is 48.8. The van der Waals surface area contributed by atoms with Crippen LogP contribution in [-0.4, -0.2) is 99.6 Å². The molecule has 1 rings (SSSR count). The van der Waals surface area contributed by atoms with Crippen molar-refractivity contribution < 1.29 is 49.3 Å². The molecule has 1 aliphatic heterocycles. The normalized spacial score (nSPS) is 19.7. The third kappa shape index (κ3) is 41.3. The number of amides is 1. The molecule has 1 heterocycles. The maximum absolute atomic E-state index is 13.4. The van der Waals surface area contributed by atoms with Crippen LogP contribution in [0.15, 0.2) is 97.2 Å². The molecule has 0 saturated carbocycles. The number of esters is 1. The summed E-state index contributed by atoms with van der Waals surface area (Å²) in [4.78, 5) is 26.5. The molecule has 0 bridgehead atoms. The van der Waals surface area contributed by atoms with E-state index in [1.165, 1.54) is 89.9 Å². The smallest absolute Gasteiger partial charge is 0.306 e. The molecule has 0 aromatic rings. The standard InChI is InChI=1S/C66H113NO10/c1-4-7-10-13-16-19-22-25-26-27-28-29-30-31-32-33-36-38-41-44-47-50-53-59(70)65(74)67-57(58(69)52-49-46-43-40-37-34-23-20-17-14-11-8-5-2)56-75-66-64(63(73)62(72)60(55-68)76-66)77-61(71)54-51-48-45-42-39-35-24-21-18-15-12-9-6-3/h7,10,16,19,25-26,28-29,31-32,35-36,38-39,49,52,57-60,62-64,66,68-70,72-73H,4-6,8-9,11-15,17-18,20-24,27,30,33-34,37,40-48,50-51,53-56H2,1-3H3,(H,67,74)/b10-7-,19-16-,26-25-,29-28-,32-31-,38-36-,39-35-,52-49+. The molecule has 8 atom stereocenters. The Labute approximate surface area is 469 Å². The van der Waals surface area contributed by atoms with Crippen LogP contribution in [0.1, 0.15) is 245 Å². The van der Waals surface area contributed by atoms with Gasteiger partial charge in [0.1, 0.15) is 24.4 Å². The van der Waals surface area contributed by atoms with Gasteiger partial charge < -0.3 is 45.1 Å². The van der Waals surface area contributed by atoms with Crippen LogP contribution in [0, 0.1) is 0 Å². The summed E-state index contributed by atoms with van der Waals surface area (Å²) >= 11 is 0. The Balaban J connectivity index is 2.72. The number of allylic oxidation sites excluding steroid dienone is 15. The van der Waals surface area contributed by atoms with E-state index in [1.807, 2.05) is 6.08 Å². The minimum atomic E-state index is -1.63. The Morgan fingerprint density at radius 2 is 0.935 bits per heavy atom. The zero-order valence-corrected chi connectivity index (χ0v) is 48.8. The van der Waals surface area contributed by atoms with Crippen LogP contribution in [0.3, 0.4) is 0 Å². The molecule has 77 heavy (non-hydrogen) atoms. The van der Waals surface area contributed by atoms with Gasteiger partial charge in [-0.25, -0.2) is 0 Å². The van der Waals surface area contributed by atoms with Crippen LogP contribution in [0.5, 0.6) is 0 Å². The molecule has 0 aromatic carbocycles. The number of nitrogens with one attached hydrogen (secondary N) is 1. The number of hydrogen-bond donors (Lipinski definition) is 6. The van der Waals surface area contributed by atoms with Gasteiger partial charge in [-0.3, -0.25) is 9.59 Å². The molecule has 1 saturated heterocycles. The maximum atomic E-state index is 13.4. The van der Waals surface area contributed by atoms with Crippen molar-refractivity contribution in [3.8, 4) is 0 Å². The molecule has 0 aromatic heterocycles. The predicted molar refractivity (Wildman–Crippen MR) is 319 cm³/mol. The average molecular weight is 1080 g/mol. The van der Waals surface area contributed by atoms with Crippen molar-refractivity contribution in [3.63, 3.8) is 0 Å². The van der Waals surface area contributed by atoms with E-state index < -0.39 is 67.4 Å². The van der Waals surface area contributed by atoms with E-state index in [9.17, 15) is 35.1 Å².